The Hall–Kier alpha value is -1.41. The number of methoxy groups -OCH3 is 1. The fourth-order valence-electron chi connectivity index (χ4n) is 5.59. The number of ketones is 1. The van der Waals surface area contributed by atoms with Gasteiger partial charge >= 0.3 is 0 Å². The molecule has 0 aromatic carbocycles. The van der Waals surface area contributed by atoms with E-state index >= 15 is 0 Å². The van der Waals surface area contributed by atoms with Crippen molar-refractivity contribution in [2.75, 3.05) is 7.11 Å². The van der Waals surface area contributed by atoms with E-state index in [1.165, 1.54) is 107 Å². The fourth-order valence-corrected chi connectivity index (χ4v) is 5.59. The first-order valence-corrected chi connectivity index (χ1v) is 17.9. The monoisotopic (exact) mass is 599 g/mol. The van der Waals surface area contributed by atoms with Crippen molar-refractivity contribution in [1.29, 1.82) is 0 Å². The third-order valence-electron chi connectivity index (χ3n) is 9.38. The van der Waals surface area contributed by atoms with Gasteiger partial charge in [-0.1, -0.05) is 86.6 Å². The Morgan fingerprint density at radius 1 is 0.558 bits per heavy atom. The van der Waals surface area contributed by atoms with E-state index in [1.54, 1.807) is 18.3 Å². The number of carbonyl (C=O) groups is 1. The minimum absolute atomic E-state index is 0.217. The number of ether oxygens (including phenoxy) is 1. The van der Waals surface area contributed by atoms with Gasteiger partial charge in [0, 0.05) is 13.5 Å². The number of unbranched alkanes of at least 4 members (excludes halogenated alkanes) is 1. The summed E-state index contributed by atoms with van der Waals surface area (Å²) in [5, 5.41) is 0. The van der Waals surface area contributed by atoms with Crippen LogP contribution in [0.2, 0.25) is 0 Å². The van der Waals surface area contributed by atoms with Crippen LogP contribution in [0.1, 0.15) is 178 Å². The molecule has 0 aliphatic heterocycles. The van der Waals surface area contributed by atoms with Crippen molar-refractivity contribution in [2.45, 2.75) is 184 Å². The zero-order valence-electron chi connectivity index (χ0n) is 30.9. The minimum atomic E-state index is -0.645. The Balaban J connectivity index is 3.95. The molecule has 3 atom stereocenters. The second-order valence-corrected chi connectivity index (χ2v) is 14.8. The topological polar surface area (TPSA) is 26.3 Å². The molecule has 0 bridgehead atoms. The van der Waals surface area contributed by atoms with Gasteiger partial charge in [0.25, 0.3) is 0 Å². The van der Waals surface area contributed by atoms with E-state index in [0.717, 1.165) is 18.3 Å². The highest BCUT2D eigenvalue weighted by atomic mass is 16.5. The SMILES string of the molecule is COC(C)(C)C(=O)CCC(C)CCC/C(C)=C/CCC(C)CCCC/C(C)=C/CC[C@H](C)CC/C=C(/C)CCC=C(C)C. The lowest BCUT2D eigenvalue weighted by molar-refractivity contribution is -0.137. The molecule has 0 aliphatic carbocycles. The molecular weight excluding hydrogens is 524 g/mol. The quantitative estimate of drug-likeness (QED) is 0.0731. The molecule has 0 N–H and O–H groups in total. The molecule has 0 saturated carbocycles. The summed E-state index contributed by atoms with van der Waals surface area (Å²) in [6, 6.07) is 0. The Labute approximate surface area is 270 Å². The molecule has 0 fully saturated rings. The lowest BCUT2D eigenvalue weighted by atomic mass is 9.92. The molecule has 0 aliphatic rings. The predicted octanol–water partition coefficient (Wildman–Crippen LogP) is 13.3. The average Bonchev–Trinajstić information content (AvgIpc) is 2.93. The van der Waals surface area contributed by atoms with E-state index in [1.807, 2.05) is 13.8 Å². The summed E-state index contributed by atoms with van der Waals surface area (Å²) in [5.41, 5.74) is 5.46. The van der Waals surface area contributed by atoms with Crippen LogP contribution in [0, 0.1) is 17.8 Å². The van der Waals surface area contributed by atoms with Crippen molar-refractivity contribution in [3.05, 3.63) is 46.6 Å². The largest absolute Gasteiger partial charge is 0.371 e. The number of rotatable bonds is 26. The summed E-state index contributed by atoms with van der Waals surface area (Å²) >= 11 is 0. The molecular formula is C41H74O2. The van der Waals surface area contributed by atoms with Crippen molar-refractivity contribution in [3.63, 3.8) is 0 Å². The van der Waals surface area contributed by atoms with Gasteiger partial charge in [0.1, 0.15) is 5.60 Å². The van der Waals surface area contributed by atoms with Gasteiger partial charge in [0.05, 0.1) is 0 Å². The summed E-state index contributed by atoms with van der Waals surface area (Å²) in [7, 11) is 1.62. The molecule has 0 radical (unpaired) electrons. The molecule has 250 valence electrons. The smallest absolute Gasteiger partial charge is 0.164 e. The maximum atomic E-state index is 12.3. The molecule has 2 heteroatoms. The van der Waals surface area contributed by atoms with Gasteiger partial charge in [-0.25, -0.2) is 0 Å². The van der Waals surface area contributed by atoms with E-state index in [9.17, 15) is 4.79 Å². The van der Waals surface area contributed by atoms with Crippen molar-refractivity contribution >= 4 is 5.78 Å². The van der Waals surface area contributed by atoms with Crippen LogP contribution in [-0.4, -0.2) is 18.5 Å². The Kier molecular flexibility index (Phi) is 24.0. The second-order valence-electron chi connectivity index (χ2n) is 14.8. The van der Waals surface area contributed by atoms with E-state index in [0.29, 0.717) is 12.3 Å². The third-order valence-corrected chi connectivity index (χ3v) is 9.38. The Bertz CT molecular complexity index is 849. The molecule has 43 heavy (non-hydrogen) atoms. The molecule has 0 saturated heterocycles. The van der Waals surface area contributed by atoms with E-state index < -0.39 is 5.60 Å². The zero-order valence-corrected chi connectivity index (χ0v) is 30.9. The van der Waals surface area contributed by atoms with Gasteiger partial charge in [0.2, 0.25) is 0 Å². The zero-order chi connectivity index (χ0) is 32.7. The molecule has 0 amide bonds. The van der Waals surface area contributed by atoms with Gasteiger partial charge in [-0.05, 0) is 150 Å². The van der Waals surface area contributed by atoms with Gasteiger partial charge in [-0.3, -0.25) is 4.79 Å². The summed E-state index contributed by atoms with van der Waals surface area (Å²) in [4.78, 5) is 12.3. The summed E-state index contributed by atoms with van der Waals surface area (Å²) in [5.74, 6) is 2.43. The van der Waals surface area contributed by atoms with Crippen LogP contribution in [0.3, 0.4) is 0 Å². The molecule has 0 heterocycles. The van der Waals surface area contributed by atoms with Crippen LogP contribution in [0.4, 0.5) is 0 Å². The van der Waals surface area contributed by atoms with E-state index in [2.05, 4.69) is 79.7 Å². The van der Waals surface area contributed by atoms with Crippen LogP contribution in [0.5, 0.6) is 0 Å². The lowest BCUT2D eigenvalue weighted by Crippen LogP contribution is -2.33. The molecule has 2 unspecified atom stereocenters. The van der Waals surface area contributed by atoms with Crippen molar-refractivity contribution in [3.8, 4) is 0 Å². The van der Waals surface area contributed by atoms with E-state index in [4.69, 9.17) is 4.74 Å². The summed E-state index contributed by atoms with van der Waals surface area (Å²) in [6.07, 6.45) is 30.3. The van der Waals surface area contributed by atoms with Crippen LogP contribution in [0.25, 0.3) is 0 Å². The highest BCUT2D eigenvalue weighted by molar-refractivity contribution is 5.86. The third kappa shape index (κ3) is 24.6. The van der Waals surface area contributed by atoms with Gasteiger partial charge in [0.15, 0.2) is 5.78 Å². The Morgan fingerprint density at radius 2 is 1.00 bits per heavy atom. The van der Waals surface area contributed by atoms with E-state index in [-0.39, 0.29) is 5.78 Å². The first kappa shape index (κ1) is 41.6. The first-order valence-electron chi connectivity index (χ1n) is 17.9. The number of hydrogen-bond acceptors (Lipinski definition) is 2. The van der Waals surface area contributed by atoms with Gasteiger partial charge < -0.3 is 4.74 Å². The molecule has 0 rings (SSSR count). The summed E-state index contributed by atoms with van der Waals surface area (Å²) < 4.78 is 5.32. The average molecular weight is 599 g/mol. The molecule has 0 spiro atoms. The second kappa shape index (κ2) is 24.9. The van der Waals surface area contributed by atoms with Gasteiger partial charge in [-0.15, -0.1) is 0 Å². The van der Waals surface area contributed by atoms with Crippen molar-refractivity contribution < 1.29 is 9.53 Å². The maximum absolute atomic E-state index is 12.3. The molecule has 0 aromatic heterocycles. The number of allylic oxidation sites excluding steroid dienone is 8. The van der Waals surface area contributed by atoms with Crippen molar-refractivity contribution in [2.24, 2.45) is 17.8 Å². The van der Waals surface area contributed by atoms with Gasteiger partial charge in [-0.2, -0.15) is 0 Å². The highest BCUT2D eigenvalue weighted by Gasteiger charge is 2.26. The highest BCUT2D eigenvalue weighted by Crippen LogP contribution is 2.22. The molecule has 0 aromatic rings. The number of Topliss-reactive ketones (excluding diaryl/α,β-unsaturated/α-hetero) is 1. The fraction of sp³-hybridized carbons (Fsp3) is 0.780. The maximum Gasteiger partial charge on any atom is 0.164 e. The van der Waals surface area contributed by atoms with Crippen LogP contribution >= 0.6 is 0 Å². The van der Waals surface area contributed by atoms with Crippen molar-refractivity contribution in [1.82, 2.24) is 0 Å². The summed E-state index contributed by atoms with van der Waals surface area (Å²) in [6.45, 7) is 22.2. The standard InChI is InChI=1S/C41H74O2/c1-33(2)19-14-22-36(5)25-17-28-37(6)26-15-23-34(3)20-12-13-21-35(4)24-16-27-38(7)29-18-30-39(8)31-32-40(42)41(9,10)43-11/h19,23,25,27,35,37,39H,12-18,20-22,24,26,28-32H2,1-11H3/b34-23+,36-25-,38-27+/t35?,37-,39?/m0/s1. The predicted molar refractivity (Wildman–Crippen MR) is 193 cm³/mol. The lowest BCUT2D eigenvalue weighted by Gasteiger charge is -2.22. The van der Waals surface area contributed by atoms with Crippen LogP contribution in [0.15, 0.2) is 46.6 Å². The Morgan fingerprint density at radius 3 is 1.51 bits per heavy atom. The van der Waals surface area contributed by atoms with Crippen LogP contribution in [-0.2, 0) is 9.53 Å². The molecule has 2 nitrogen and oxygen atoms in total. The number of hydrogen-bond donors (Lipinski definition) is 0. The normalized spacial score (nSPS) is 15.4. The number of carbonyl (C=O) groups excluding carboxylic acids is 1. The first-order chi connectivity index (χ1) is 20.3. The van der Waals surface area contributed by atoms with Crippen LogP contribution < -0.4 is 0 Å². The minimum Gasteiger partial charge on any atom is -0.371 e.